The molecule has 0 aliphatic heterocycles. The van der Waals surface area contributed by atoms with E-state index in [1.807, 2.05) is 58.9 Å². The fourth-order valence-corrected chi connectivity index (χ4v) is 4.76. The normalized spacial score (nSPS) is 11.8. The summed E-state index contributed by atoms with van der Waals surface area (Å²) in [5, 5.41) is 3.98. The predicted octanol–water partition coefficient (Wildman–Crippen LogP) is 4.51. The molecule has 0 aliphatic rings. The maximum absolute atomic E-state index is 12.9. The van der Waals surface area contributed by atoms with Gasteiger partial charge in [0, 0.05) is 18.0 Å². The molecule has 2 aromatic carbocycles. The van der Waals surface area contributed by atoms with Crippen molar-refractivity contribution >= 4 is 15.7 Å². The second-order valence-corrected chi connectivity index (χ2v) is 9.03. The Morgan fingerprint density at radius 1 is 1.04 bits per heavy atom. The van der Waals surface area contributed by atoms with Gasteiger partial charge in [-0.05, 0) is 49.6 Å². The summed E-state index contributed by atoms with van der Waals surface area (Å²) in [5.41, 5.74) is 4.00. The summed E-state index contributed by atoms with van der Waals surface area (Å²) in [6.45, 7) is 9.57. The standard InChI is InChI=1S/C21H25N3O3S/c1-13(2)21-22-19(23-27-21)12-17-6-8-18(9-7-17)24-28(25,26)20-15(4)10-14(3)11-16(20)5/h6-11,13,24H,12H2,1-5H3. The zero-order chi connectivity index (χ0) is 20.5. The van der Waals surface area contributed by atoms with Crippen LogP contribution in [0.3, 0.4) is 0 Å². The van der Waals surface area contributed by atoms with E-state index in [4.69, 9.17) is 4.52 Å². The lowest BCUT2D eigenvalue weighted by Crippen LogP contribution is -2.16. The van der Waals surface area contributed by atoms with Crippen molar-refractivity contribution < 1.29 is 12.9 Å². The molecule has 0 unspecified atom stereocenters. The predicted molar refractivity (Wildman–Crippen MR) is 109 cm³/mol. The molecule has 0 bridgehead atoms. The maximum atomic E-state index is 12.9. The molecule has 0 fully saturated rings. The number of rotatable bonds is 6. The molecule has 1 heterocycles. The summed E-state index contributed by atoms with van der Waals surface area (Å²) in [4.78, 5) is 4.69. The Hall–Kier alpha value is -2.67. The van der Waals surface area contributed by atoms with E-state index in [1.165, 1.54) is 0 Å². The van der Waals surface area contributed by atoms with Crippen LogP contribution in [0.2, 0.25) is 0 Å². The zero-order valence-corrected chi connectivity index (χ0v) is 17.6. The summed E-state index contributed by atoms with van der Waals surface area (Å²) in [5.74, 6) is 1.41. The van der Waals surface area contributed by atoms with E-state index in [0.717, 1.165) is 22.3 Å². The van der Waals surface area contributed by atoms with Gasteiger partial charge in [-0.15, -0.1) is 0 Å². The van der Waals surface area contributed by atoms with Crippen molar-refractivity contribution in [1.82, 2.24) is 10.1 Å². The molecular formula is C21H25N3O3S. The minimum absolute atomic E-state index is 0.187. The summed E-state index contributed by atoms with van der Waals surface area (Å²) in [6, 6.07) is 11.0. The molecule has 1 aromatic heterocycles. The highest BCUT2D eigenvalue weighted by Gasteiger charge is 2.20. The van der Waals surface area contributed by atoms with Crippen LogP contribution in [0.4, 0.5) is 5.69 Å². The van der Waals surface area contributed by atoms with Crippen LogP contribution >= 0.6 is 0 Å². The Balaban J connectivity index is 1.76. The fraction of sp³-hybridized carbons (Fsp3) is 0.333. The first-order valence-corrected chi connectivity index (χ1v) is 10.7. The van der Waals surface area contributed by atoms with E-state index in [-0.39, 0.29) is 5.92 Å². The average Bonchev–Trinajstić information content (AvgIpc) is 3.04. The Morgan fingerprint density at radius 2 is 1.64 bits per heavy atom. The van der Waals surface area contributed by atoms with Gasteiger partial charge in [0.05, 0.1) is 4.90 Å². The second kappa shape index (κ2) is 7.75. The second-order valence-electron chi connectivity index (χ2n) is 7.41. The molecule has 28 heavy (non-hydrogen) atoms. The number of sulfonamides is 1. The fourth-order valence-electron chi connectivity index (χ4n) is 3.24. The summed E-state index contributed by atoms with van der Waals surface area (Å²) in [7, 11) is -3.66. The van der Waals surface area contributed by atoms with Crippen LogP contribution < -0.4 is 4.72 Å². The number of hydrogen-bond donors (Lipinski definition) is 1. The van der Waals surface area contributed by atoms with Gasteiger partial charge in [0.2, 0.25) is 5.89 Å². The molecule has 0 saturated heterocycles. The van der Waals surface area contributed by atoms with Gasteiger partial charge in [-0.3, -0.25) is 4.72 Å². The van der Waals surface area contributed by atoms with Gasteiger partial charge in [0.25, 0.3) is 10.0 Å². The molecule has 0 amide bonds. The van der Waals surface area contributed by atoms with Crippen LogP contribution in [0.5, 0.6) is 0 Å². The summed E-state index contributed by atoms with van der Waals surface area (Å²) in [6.07, 6.45) is 0.527. The van der Waals surface area contributed by atoms with Gasteiger partial charge < -0.3 is 4.52 Å². The maximum Gasteiger partial charge on any atom is 0.262 e. The number of nitrogens with zero attached hydrogens (tertiary/aromatic N) is 2. The highest BCUT2D eigenvalue weighted by Crippen LogP contribution is 2.24. The first-order valence-electron chi connectivity index (χ1n) is 9.18. The lowest BCUT2D eigenvalue weighted by Gasteiger charge is -2.14. The molecule has 148 valence electrons. The molecule has 7 heteroatoms. The first kappa shape index (κ1) is 20.1. The highest BCUT2D eigenvalue weighted by molar-refractivity contribution is 7.92. The number of aryl methyl sites for hydroxylation is 3. The Labute approximate surface area is 166 Å². The number of benzene rings is 2. The third-order valence-electron chi connectivity index (χ3n) is 4.42. The third kappa shape index (κ3) is 4.42. The molecule has 0 saturated carbocycles. The van der Waals surface area contributed by atoms with Gasteiger partial charge >= 0.3 is 0 Å². The summed E-state index contributed by atoms with van der Waals surface area (Å²) >= 11 is 0. The lowest BCUT2D eigenvalue weighted by atomic mass is 10.1. The van der Waals surface area contributed by atoms with Crippen LogP contribution in [0.15, 0.2) is 45.8 Å². The minimum Gasteiger partial charge on any atom is -0.339 e. The average molecular weight is 400 g/mol. The topological polar surface area (TPSA) is 85.1 Å². The summed E-state index contributed by atoms with van der Waals surface area (Å²) < 4.78 is 33.6. The third-order valence-corrected chi connectivity index (χ3v) is 6.11. The number of aromatic nitrogens is 2. The molecule has 6 nitrogen and oxygen atoms in total. The lowest BCUT2D eigenvalue weighted by molar-refractivity contribution is 0.361. The van der Waals surface area contributed by atoms with Crippen LogP contribution in [-0.2, 0) is 16.4 Å². The van der Waals surface area contributed by atoms with Crippen LogP contribution in [-0.4, -0.2) is 18.6 Å². The number of hydrogen-bond acceptors (Lipinski definition) is 5. The zero-order valence-electron chi connectivity index (χ0n) is 16.8. The van der Waals surface area contributed by atoms with E-state index < -0.39 is 10.0 Å². The van der Waals surface area contributed by atoms with Crippen LogP contribution in [0.25, 0.3) is 0 Å². The Bertz CT molecular complexity index is 1060. The molecule has 0 aliphatic carbocycles. The molecule has 3 rings (SSSR count). The molecule has 0 radical (unpaired) electrons. The van der Waals surface area contributed by atoms with Gasteiger partial charge in [-0.2, -0.15) is 4.98 Å². The SMILES string of the molecule is Cc1cc(C)c(S(=O)(=O)Nc2ccc(Cc3noc(C(C)C)n3)cc2)c(C)c1. The van der Waals surface area contributed by atoms with Crippen LogP contribution in [0.1, 0.15) is 53.7 Å². The van der Waals surface area contributed by atoms with Crippen molar-refractivity contribution in [1.29, 1.82) is 0 Å². The quantitative estimate of drug-likeness (QED) is 0.659. The van der Waals surface area contributed by atoms with Gasteiger partial charge in [-0.1, -0.05) is 48.8 Å². The Kier molecular flexibility index (Phi) is 5.56. The molecule has 0 atom stereocenters. The van der Waals surface area contributed by atoms with E-state index >= 15 is 0 Å². The molecule has 3 aromatic rings. The monoisotopic (exact) mass is 399 g/mol. The highest BCUT2D eigenvalue weighted by atomic mass is 32.2. The number of anilines is 1. The van der Waals surface area contributed by atoms with Crippen molar-refractivity contribution in [3.8, 4) is 0 Å². The molecule has 0 spiro atoms. The van der Waals surface area contributed by atoms with Crippen LogP contribution in [0, 0.1) is 20.8 Å². The Morgan fingerprint density at radius 3 is 2.18 bits per heavy atom. The largest absolute Gasteiger partial charge is 0.339 e. The van der Waals surface area contributed by atoms with E-state index in [2.05, 4.69) is 14.9 Å². The number of nitrogens with one attached hydrogen (secondary N) is 1. The molecular weight excluding hydrogens is 374 g/mol. The van der Waals surface area contributed by atoms with Crippen molar-refractivity contribution in [2.45, 2.75) is 51.9 Å². The van der Waals surface area contributed by atoms with Crippen molar-refractivity contribution in [3.63, 3.8) is 0 Å². The minimum atomic E-state index is -3.66. The molecule has 1 N–H and O–H groups in total. The first-order chi connectivity index (χ1) is 13.2. The van der Waals surface area contributed by atoms with Gasteiger partial charge in [-0.25, -0.2) is 8.42 Å². The van der Waals surface area contributed by atoms with Crippen molar-refractivity contribution in [3.05, 3.63) is 70.4 Å². The van der Waals surface area contributed by atoms with E-state index in [0.29, 0.717) is 28.7 Å². The van der Waals surface area contributed by atoms with Crippen molar-refractivity contribution in [2.24, 2.45) is 0 Å². The van der Waals surface area contributed by atoms with Gasteiger partial charge in [0.1, 0.15) is 0 Å². The van der Waals surface area contributed by atoms with E-state index in [1.54, 1.807) is 12.1 Å². The van der Waals surface area contributed by atoms with Gasteiger partial charge in [0.15, 0.2) is 5.82 Å². The van der Waals surface area contributed by atoms with E-state index in [9.17, 15) is 8.42 Å². The van der Waals surface area contributed by atoms with Crippen molar-refractivity contribution in [2.75, 3.05) is 4.72 Å². The smallest absolute Gasteiger partial charge is 0.262 e.